The van der Waals surface area contributed by atoms with Gasteiger partial charge in [-0.3, -0.25) is 0 Å². The van der Waals surface area contributed by atoms with Crippen molar-refractivity contribution in [1.82, 2.24) is 0 Å². The van der Waals surface area contributed by atoms with Gasteiger partial charge < -0.3 is 4.74 Å². The molecule has 0 spiro atoms. The van der Waals surface area contributed by atoms with Gasteiger partial charge in [0.1, 0.15) is 5.75 Å². The summed E-state index contributed by atoms with van der Waals surface area (Å²) < 4.78 is 5.38. The van der Waals surface area contributed by atoms with E-state index in [1.807, 2.05) is 12.1 Å². The van der Waals surface area contributed by atoms with Crippen molar-refractivity contribution in [2.24, 2.45) is 0 Å². The summed E-state index contributed by atoms with van der Waals surface area (Å²) in [7, 11) is 1.64. The first-order chi connectivity index (χ1) is 10.1. The fraction of sp³-hybridized carbons (Fsp3) is 0.333. The van der Waals surface area contributed by atoms with Crippen molar-refractivity contribution in [3.63, 3.8) is 0 Å². The molecule has 21 heavy (non-hydrogen) atoms. The molecule has 0 aliphatic heterocycles. The van der Waals surface area contributed by atoms with Crippen molar-refractivity contribution >= 4 is 23.2 Å². The SMILES string of the molecule is CCC(C)c1ccc(C(Cl)c2cc(Cl)ccc2OC)cc1. The van der Waals surface area contributed by atoms with Crippen LogP contribution in [0.4, 0.5) is 0 Å². The van der Waals surface area contributed by atoms with Crippen LogP contribution in [0.25, 0.3) is 0 Å². The number of ether oxygens (including phenoxy) is 1. The van der Waals surface area contributed by atoms with Gasteiger partial charge in [0.05, 0.1) is 12.5 Å². The summed E-state index contributed by atoms with van der Waals surface area (Å²) in [5.74, 6) is 1.32. The van der Waals surface area contributed by atoms with E-state index in [1.165, 1.54) is 5.56 Å². The van der Waals surface area contributed by atoms with Crippen molar-refractivity contribution in [1.29, 1.82) is 0 Å². The predicted molar refractivity (Wildman–Crippen MR) is 90.8 cm³/mol. The Balaban J connectivity index is 2.31. The molecule has 0 aliphatic rings. The smallest absolute Gasteiger partial charge is 0.123 e. The summed E-state index contributed by atoms with van der Waals surface area (Å²) in [5.41, 5.74) is 3.27. The van der Waals surface area contributed by atoms with Crippen LogP contribution in [0.1, 0.15) is 48.3 Å². The van der Waals surface area contributed by atoms with Gasteiger partial charge >= 0.3 is 0 Å². The zero-order valence-corrected chi connectivity index (χ0v) is 14.1. The molecule has 2 aromatic rings. The van der Waals surface area contributed by atoms with Gasteiger partial charge in [0.25, 0.3) is 0 Å². The van der Waals surface area contributed by atoms with Crippen molar-refractivity contribution in [2.75, 3.05) is 7.11 Å². The molecule has 2 aromatic carbocycles. The molecule has 0 N–H and O–H groups in total. The predicted octanol–water partition coefficient (Wildman–Crippen LogP) is 6.19. The van der Waals surface area contributed by atoms with Crippen LogP contribution in [-0.2, 0) is 0 Å². The second-order valence-electron chi connectivity index (χ2n) is 5.22. The third-order valence-electron chi connectivity index (χ3n) is 3.88. The Morgan fingerprint density at radius 3 is 2.24 bits per heavy atom. The molecule has 0 aliphatic carbocycles. The first-order valence-electron chi connectivity index (χ1n) is 7.14. The van der Waals surface area contributed by atoms with Crippen molar-refractivity contribution in [3.8, 4) is 5.75 Å². The quantitative estimate of drug-likeness (QED) is 0.596. The Kier molecular flexibility index (Phi) is 5.55. The van der Waals surface area contributed by atoms with Crippen molar-refractivity contribution in [2.45, 2.75) is 31.6 Å². The van der Waals surface area contributed by atoms with Crippen LogP contribution in [0.15, 0.2) is 42.5 Å². The maximum Gasteiger partial charge on any atom is 0.123 e. The molecule has 0 heterocycles. The lowest BCUT2D eigenvalue weighted by molar-refractivity contribution is 0.410. The second-order valence-corrected chi connectivity index (χ2v) is 6.10. The Morgan fingerprint density at radius 2 is 1.67 bits per heavy atom. The Bertz CT molecular complexity index is 593. The molecule has 0 saturated heterocycles. The van der Waals surface area contributed by atoms with Gasteiger partial charge in [0.2, 0.25) is 0 Å². The highest BCUT2D eigenvalue weighted by Gasteiger charge is 2.16. The molecule has 1 nitrogen and oxygen atoms in total. The third kappa shape index (κ3) is 3.72. The summed E-state index contributed by atoms with van der Waals surface area (Å²) in [4.78, 5) is 0. The summed E-state index contributed by atoms with van der Waals surface area (Å²) in [6, 6.07) is 14.0. The van der Waals surface area contributed by atoms with Gasteiger partial charge in [-0.1, -0.05) is 49.7 Å². The molecule has 0 radical (unpaired) electrons. The lowest BCUT2D eigenvalue weighted by atomic mass is 9.95. The molecule has 2 unspecified atom stereocenters. The van der Waals surface area contributed by atoms with E-state index in [4.69, 9.17) is 27.9 Å². The highest BCUT2D eigenvalue weighted by Crippen LogP contribution is 2.37. The summed E-state index contributed by atoms with van der Waals surface area (Å²) in [6.07, 6.45) is 1.13. The maximum absolute atomic E-state index is 6.61. The van der Waals surface area contributed by atoms with Crippen LogP contribution in [0.5, 0.6) is 5.75 Å². The number of methoxy groups -OCH3 is 1. The minimum atomic E-state index is -0.273. The van der Waals surface area contributed by atoms with Crippen LogP contribution in [0, 0.1) is 0 Å². The fourth-order valence-corrected chi connectivity index (χ4v) is 2.81. The molecule has 0 amide bonds. The first kappa shape index (κ1) is 16.2. The number of hydrogen-bond donors (Lipinski definition) is 0. The topological polar surface area (TPSA) is 9.23 Å². The number of hydrogen-bond acceptors (Lipinski definition) is 1. The third-order valence-corrected chi connectivity index (χ3v) is 4.60. The Morgan fingerprint density at radius 1 is 1.05 bits per heavy atom. The van der Waals surface area contributed by atoms with Gasteiger partial charge in [-0.15, -0.1) is 11.6 Å². The summed E-state index contributed by atoms with van der Waals surface area (Å²) >= 11 is 12.7. The number of benzene rings is 2. The largest absolute Gasteiger partial charge is 0.496 e. The normalized spacial score (nSPS) is 13.8. The fourth-order valence-electron chi connectivity index (χ4n) is 2.31. The molecule has 0 aromatic heterocycles. The standard InChI is InChI=1S/C18H20Cl2O/c1-4-12(2)13-5-7-14(8-6-13)18(20)16-11-15(19)9-10-17(16)21-3/h5-12,18H,4H2,1-3H3. The van der Waals surface area contributed by atoms with Gasteiger partial charge in [0.15, 0.2) is 0 Å². The zero-order chi connectivity index (χ0) is 15.4. The van der Waals surface area contributed by atoms with Gasteiger partial charge in [-0.2, -0.15) is 0 Å². The number of rotatable bonds is 5. The van der Waals surface area contributed by atoms with E-state index < -0.39 is 0 Å². The van der Waals surface area contributed by atoms with E-state index in [9.17, 15) is 0 Å². The lowest BCUT2D eigenvalue weighted by Crippen LogP contribution is -1.98. The second kappa shape index (κ2) is 7.20. The van der Waals surface area contributed by atoms with Gasteiger partial charge in [-0.05, 0) is 41.7 Å². The van der Waals surface area contributed by atoms with E-state index in [2.05, 4.69) is 38.1 Å². The van der Waals surface area contributed by atoms with Gasteiger partial charge in [-0.25, -0.2) is 0 Å². The van der Waals surface area contributed by atoms with Crippen LogP contribution < -0.4 is 4.74 Å². The number of halogens is 2. The monoisotopic (exact) mass is 322 g/mol. The molecule has 0 saturated carbocycles. The average molecular weight is 323 g/mol. The van der Waals surface area contributed by atoms with Crippen molar-refractivity contribution in [3.05, 3.63) is 64.2 Å². The molecule has 0 bridgehead atoms. The Labute approximate surface area is 136 Å². The van der Waals surface area contributed by atoms with E-state index >= 15 is 0 Å². The van der Waals surface area contributed by atoms with Gasteiger partial charge in [0, 0.05) is 10.6 Å². The van der Waals surface area contributed by atoms with E-state index in [0.717, 1.165) is 23.3 Å². The minimum absolute atomic E-state index is 0.273. The van der Waals surface area contributed by atoms with E-state index in [-0.39, 0.29) is 5.38 Å². The lowest BCUT2D eigenvalue weighted by Gasteiger charge is -2.16. The average Bonchev–Trinajstić information content (AvgIpc) is 2.53. The Hall–Kier alpha value is -1.18. The first-order valence-corrected chi connectivity index (χ1v) is 7.95. The number of alkyl halides is 1. The summed E-state index contributed by atoms with van der Waals surface area (Å²) in [5, 5.41) is 0.386. The van der Waals surface area contributed by atoms with Crippen LogP contribution in [0.3, 0.4) is 0 Å². The molecule has 112 valence electrons. The van der Waals surface area contributed by atoms with Crippen molar-refractivity contribution < 1.29 is 4.74 Å². The molecule has 2 atom stereocenters. The molecule has 3 heteroatoms. The highest BCUT2D eigenvalue weighted by atomic mass is 35.5. The highest BCUT2D eigenvalue weighted by molar-refractivity contribution is 6.31. The van der Waals surface area contributed by atoms with Crippen LogP contribution >= 0.6 is 23.2 Å². The van der Waals surface area contributed by atoms with Crippen LogP contribution in [-0.4, -0.2) is 7.11 Å². The molecular formula is C18H20Cl2O. The zero-order valence-electron chi connectivity index (χ0n) is 12.6. The molecular weight excluding hydrogens is 303 g/mol. The summed E-state index contributed by atoms with van der Waals surface area (Å²) in [6.45, 7) is 4.42. The minimum Gasteiger partial charge on any atom is -0.496 e. The molecule has 2 rings (SSSR count). The maximum atomic E-state index is 6.61. The van der Waals surface area contributed by atoms with Crippen LogP contribution in [0.2, 0.25) is 5.02 Å². The van der Waals surface area contributed by atoms with E-state index in [1.54, 1.807) is 13.2 Å². The van der Waals surface area contributed by atoms with E-state index in [0.29, 0.717) is 10.9 Å². The molecule has 0 fully saturated rings.